The smallest absolute Gasteiger partial charge is 0.203 e. The topological polar surface area (TPSA) is 0 Å². The number of allylic oxidation sites excluding steroid dienone is 4. The zero-order valence-corrected chi connectivity index (χ0v) is 17.2. The maximum absolute atomic E-state index is 15.0. The Hall–Kier alpha value is -3.28. The highest BCUT2D eigenvalue weighted by molar-refractivity contribution is 5.87. The molecule has 1 aliphatic rings. The van der Waals surface area contributed by atoms with Gasteiger partial charge in [-0.3, -0.25) is 0 Å². The Morgan fingerprint density at radius 1 is 0.531 bits per heavy atom. The first kappa shape index (κ1) is 21.9. The van der Waals surface area contributed by atoms with Gasteiger partial charge in [0.2, 0.25) is 0 Å². The van der Waals surface area contributed by atoms with Gasteiger partial charge in [0.05, 0.1) is 0 Å². The fraction of sp³-hybridized carbons (Fsp3) is 0.154. The molecule has 0 bridgehead atoms. The third-order valence-electron chi connectivity index (χ3n) is 5.63. The molecule has 0 N–H and O–H groups in total. The quantitative estimate of drug-likeness (QED) is 0.359. The maximum atomic E-state index is 15.0. The molecule has 0 spiro atoms. The maximum Gasteiger partial charge on any atom is 0.340 e. The van der Waals surface area contributed by atoms with Gasteiger partial charge in [-0.2, -0.15) is 17.6 Å². The van der Waals surface area contributed by atoms with Crippen molar-refractivity contribution in [1.29, 1.82) is 0 Å². The highest BCUT2D eigenvalue weighted by atomic mass is 19.3. The van der Waals surface area contributed by atoms with Crippen LogP contribution in [0.1, 0.15) is 22.3 Å². The van der Waals surface area contributed by atoms with Gasteiger partial charge in [-0.05, 0) is 36.1 Å². The summed E-state index contributed by atoms with van der Waals surface area (Å²) in [5.74, 6) is -12.3. The van der Waals surface area contributed by atoms with Crippen LogP contribution >= 0.6 is 0 Å². The van der Waals surface area contributed by atoms with Crippen molar-refractivity contribution in [3.05, 3.63) is 107 Å². The summed E-state index contributed by atoms with van der Waals surface area (Å²) in [4.78, 5) is 0. The Morgan fingerprint density at radius 3 is 1.59 bits per heavy atom. The first-order valence-corrected chi connectivity index (χ1v) is 9.85. The van der Waals surface area contributed by atoms with Crippen LogP contribution in [0.4, 0.5) is 26.3 Å². The van der Waals surface area contributed by atoms with E-state index in [1.165, 1.54) is 19.1 Å². The summed E-state index contributed by atoms with van der Waals surface area (Å²) in [6.07, 6.45) is 1.57. The van der Waals surface area contributed by atoms with Crippen molar-refractivity contribution in [2.75, 3.05) is 0 Å². The molecule has 1 aliphatic carbocycles. The number of aryl methyl sites for hydroxylation is 2. The monoisotopic (exact) mass is 444 g/mol. The first-order chi connectivity index (χ1) is 15.0. The van der Waals surface area contributed by atoms with Gasteiger partial charge in [-0.25, -0.2) is 8.78 Å². The van der Waals surface area contributed by atoms with E-state index < -0.39 is 40.2 Å². The van der Waals surface area contributed by atoms with E-state index in [-0.39, 0.29) is 11.1 Å². The van der Waals surface area contributed by atoms with Crippen LogP contribution in [-0.4, -0.2) is 11.8 Å². The third kappa shape index (κ3) is 3.44. The Labute approximate surface area is 181 Å². The summed E-state index contributed by atoms with van der Waals surface area (Å²) in [7, 11) is 0. The fourth-order valence-corrected chi connectivity index (χ4v) is 3.69. The van der Waals surface area contributed by atoms with Gasteiger partial charge in [0.25, 0.3) is 0 Å². The van der Waals surface area contributed by atoms with Crippen molar-refractivity contribution in [3.8, 4) is 11.1 Å². The van der Waals surface area contributed by atoms with Crippen molar-refractivity contribution in [2.24, 2.45) is 0 Å². The fourth-order valence-electron chi connectivity index (χ4n) is 3.69. The van der Waals surface area contributed by atoms with Gasteiger partial charge in [0.1, 0.15) is 0 Å². The number of hydrogen-bond donors (Lipinski definition) is 0. The first-order valence-electron chi connectivity index (χ1n) is 9.85. The molecule has 3 aromatic carbocycles. The van der Waals surface area contributed by atoms with Crippen LogP contribution in [0.3, 0.4) is 0 Å². The van der Waals surface area contributed by atoms with Crippen molar-refractivity contribution < 1.29 is 26.3 Å². The minimum absolute atomic E-state index is 0.0867. The summed E-state index contributed by atoms with van der Waals surface area (Å²) in [6, 6.07) is 15.3. The van der Waals surface area contributed by atoms with Crippen molar-refractivity contribution >= 4 is 11.1 Å². The highest BCUT2D eigenvalue weighted by Crippen LogP contribution is 2.54. The molecule has 164 valence electrons. The van der Waals surface area contributed by atoms with E-state index in [2.05, 4.69) is 0 Å². The minimum atomic E-state index is -4.74. The lowest BCUT2D eigenvalue weighted by Crippen LogP contribution is -2.44. The number of rotatable bonds is 3. The van der Waals surface area contributed by atoms with Crippen molar-refractivity contribution in [3.63, 3.8) is 0 Å². The lowest BCUT2D eigenvalue weighted by Gasteiger charge is -2.33. The molecule has 3 aromatic rings. The van der Waals surface area contributed by atoms with Crippen molar-refractivity contribution in [1.82, 2.24) is 0 Å². The Morgan fingerprint density at radius 2 is 1.00 bits per heavy atom. The van der Waals surface area contributed by atoms with Gasteiger partial charge >= 0.3 is 11.8 Å². The van der Waals surface area contributed by atoms with Crippen LogP contribution in [-0.2, 0) is 0 Å². The molecular weight excluding hydrogens is 426 g/mol. The van der Waals surface area contributed by atoms with Crippen LogP contribution in [0.25, 0.3) is 22.3 Å². The largest absolute Gasteiger partial charge is 0.340 e. The van der Waals surface area contributed by atoms with Gasteiger partial charge < -0.3 is 0 Å². The van der Waals surface area contributed by atoms with E-state index in [1.807, 2.05) is 31.2 Å². The number of alkyl halides is 4. The molecule has 0 saturated carbocycles. The summed E-state index contributed by atoms with van der Waals surface area (Å²) < 4.78 is 87.9. The molecule has 4 rings (SSSR count). The third-order valence-corrected chi connectivity index (χ3v) is 5.63. The Balaban J connectivity index is 1.77. The normalized spacial score (nSPS) is 17.0. The lowest BCUT2D eigenvalue weighted by atomic mass is 9.83. The van der Waals surface area contributed by atoms with Crippen LogP contribution < -0.4 is 0 Å². The average molecular weight is 444 g/mol. The lowest BCUT2D eigenvalue weighted by molar-refractivity contribution is -0.133. The van der Waals surface area contributed by atoms with Gasteiger partial charge in [0.15, 0.2) is 11.6 Å². The number of hydrogen-bond acceptors (Lipinski definition) is 0. The average Bonchev–Trinajstić information content (AvgIpc) is 2.76. The van der Waals surface area contributed by atoms with Crippen LogP contribution in [0.2, 0.25) is 0 Å². The Kier molecular flexibility index (Phi) is 5.27. The molecule has 0 aromatic heterocycles. The number of halogens is 6. The second-order valence-electron chi connectivity index (χ2n) is 7.81. The zero-order valence-electron chi connectivity index (χ0n) is 17.2. The van der Waals surface area contributed by atoms with Crippen molar-refractivity contribution in [2.45, 2.75) is 25.7 Å². The predicted molar refractivity (Wildman–Crippen MR) is 114 cm³/mol. The summed E-state index contributed by atoms with van der Waals surface area (Å²) >= 11 is 0. The molecule has 0 atom stereocenters. The molecule has 0 saturated heterocycles. The van der Waals surface area contributed by atoms with E-state index in [1.54, 1.807) is 12.1 Å². The molecule has 0 unspecified atom stereocenters. The second-order valence-corrected chi connectivity index (χ2v) is 7.81. The van der Waals surface area contributed by atoms with E-state index in [9.17, 15) is 26.3 Å². The van der Waals surface area contributed by atoms with Gasteiger partial charge in [-0.15, -0.1) is 0 Å². The molecule has 0 heterocycles. The van der Waals surface area contributed by atoms with Gasteiger partial charge in [0, 0.05) is 16.7 Å². The van der Waals surface area contributed by atoms with Crippen LogP contribution in [0.15, 0.2) is 72.8 Å². The Bertz CT molecular complexity index is 1230. The highest BCUT2D eigenvalue weighted by Gasteiger charge is 2.62. The summed E-state index contributed by atoms with van der Waals surface area (Å²) in [6.45, 7) is 3.19. The molecule has 6 heteroatoms. The van der Waals surface area contributed by atoms with Gasteiger partial charge in [-0.1, -0.05) is 78.4 Å². The molecule has 32 heavy (non-hydrogen) atoms. The molecule has 0 aliphatic heterocycles. The molecule has 0 radical (unpaired) electrons. The van der Waals surface area contributed by atoms with E-state index in [0.29, 0.717) is 0 Å². The molecular formula is C26H18F6. The van der Waals surface area contributed by atoms with Crippen LogP contribution in [0.5, 0.6) is 0 Å². The minimum Gasteiger partial charge on any atom is -0.203 e. The van der Waals surface area contributed by atoms with E-state index >= 15 is 0 Å². The molecule has 0 amide bonds. The zero-order chi connectivity index (χ0) is 23.3. The SMILES string of the molecule is Cc1ccc(-c2ccc(C3=CC=C(c4ccc(C)c(F)c4F)C(F)(F)C3(F)F)cc2)cc1. The van der Waals surface area contributed by atoms with E-state index in [0.717, 1.165) is 41.0 Å². The van der Waals surface area contributed by atoms with E-state index in [4.69, 9.17) is 0 Å². The second kappa shape index (κ2) is 7.69. The summed E-state index contributed by atoms with van der Waals surface area (Å²) in [5.41, 5.74) is -0.577. The predicted octanol–water partition coefficient (Wildman–Crippen LogP) is 8.00. The molecule has 0 nitrogen and oxygen atoms in total. The van der Waals surface area contributed by atoms with Crippen LogP contribution in [0, 0.1) is 25.5 Å². The molecule has 0 fully saturated rings. The standard InChI is InChI=1S/C26H18F6/c1-15-3-6-17(7-4-15)18-8-10-19(11-9-18)21-13-14-22(26(31,32)25(21,29)30)20-12-5-16(2)23(27)24(20)28/h3-14H,1-2H3. The summed E-state index contributed by atoms with van der Waals surface area (Å²) in [5, 5.41) is 0. The number of benzene rings is 3.